The molecule has 0 aromatic carbocycles. The maximum atomic E-state index is 6.36. The van der Waals surface area contributed by atoms with Crippen molar-refractivity contribution in [2.45, 2.75) is 53.0 Å². The van der Waals surface area contributed by atoms with Gasteiger partial charge in [-0.1, -0.05) is 39.0 Å². The third-order valence-corrected chi connectivity index (χ3v) is 6.20. The molecule has 4 heteroatoms. The first-order valence-corrected chi connectivity index (χ1v) is 8.67. The highest BCUT2D eigenvalue weighted by molar-refractivity contribution is 7.15. The van der Waals surface area contributed by atoms with E-state index in [1.165, 1.54) is 28.7 Å². The van der Waals surface area contributed by atoms with Crippen LogP contribution in [0.4, 0.5) is 5.13 Å². The number of nitrogens with zero attached hydrogens (tertiary/aromatic N) is 2. The summed E-state index contributed by atoms with van der Waals surface area (Å²) in [7, 11) is 0. The Morgan fingerprint density at radius 2 is 2.15 bits per heavy atom. The van der Waals surface area contributed by atoms with E-state index < -0.39 is 0 Å². The van der Waals surface area contributed by atoms with Crippen molar-refractivity contribution in [2.75, 3.05) is 18.0 Å². The summed E-state index contributed by atoms with van der Waals surface area (Å²) < 4.78 is 0. The van der Waals surface area contributed by atoms with Gasteiger partial charge in [-0.15, -0.1) is 0 Å². The molecule has 2 N–H and O–H groups in total. The van der Waals surface area contributed by atoms with Crippen LogP contribution in [0.1, 0.15) is 57.1 Å². The Morgan fingerprint density at radius 1 is 1.40 bits per heavy atom. The first kappa shape index (κ1) is 14.3. The molecule has 2 aliphatic rings. The highest BCUT2D eigenvalue weighted by Crippen LogP contribution is 2.44. The molecule has 2 atom stereocenters. The van der Waals surface area contributed by atoms with E-state index in [1.54, 1.807) is 0 Å². The molecule has 0 radical (unpaired) electrons. The molecule has 0 saturated carbocycles. The van der Waals surface area contributed by atoms with Crippen LogP contribution >= 0.6 is 11.3 Å². The van der Waals surface area contributed by atoms with Crippen LogP contribution in [-0.2, 0) is 6.42 Å². The molecule has 1 aliphatic carbocycles. The molecule has 0 spiro atoms. The summed E-state index contributed by atoms with van der Waals surface area (Å²) >= 11 is 1.85. The Bertz CT molecular complexity index is 492. The molecule has 1 fully saturated rings. The fraction of sp³-hybridized carbons (Fsp3) is 0.812. The number of nitrogens with two attached hydrogens (primary N) is 1. The van der Waals surface area contributed by atoms with Gasteiger partial charge >= 0.3 is 0 Å². The Morgan fingerprint density at radius 3 is 2.80 bits per heavy atom. The van der Waals surface area contributed by atoms with Gasteiger partial charge in [-0.05, 0) is 36.5 Å². The van der Waals surface area contributed by atoms with Gasteiger partial charge in [0.1, 0.15) is 0 Å². The van der Waals surface area contributed by atoms with Gasteiger partial charge in [0.25, 0.3) is 0 Å². The van der Waals surface area contributed by atoms with E-state index in [1.807, 2.05) is 11.3 Å². The third-order valence-electron chi connectivity index (χ3n) is 4.91. The van der Waals surface area contributed by atoms with Crippen molar-refractivity contribution in [3.8, 4) is 0 Å². The van der Waals surface area contributed by atoms with Gasteiger partial charge < -0.3 is 10.6 Å². The summed E-state index contributed by atoms with van der Waals surface area (Å²) in [5.41, 5.74) is 7.92. The number of thiazole rings is 1. The van der Waals surface area contributed by atoms with Crippen molar-refractivity contribution in [1.29, 1.82) is 0 Å². The van der Waals surface area contributed by atoms with E-state index in [0.29, 0.717) is 5.41 Å². The molecule has 3 rings (SSSR count). The SMILES string of the molecule is CC(C)C1CCN(c2nc3c(s2)C(N)CC(C)(C)C3)C1. The van der Waals surface area contributed by atoms with Crippen LogP contribution < -0.4 is 10.6 Å². The van der Waals surface area contributed by atoms with E-state index in [9.17, 15) is 0 Å². The van der Waals surface area contributed by atoms with Crippen LogP contribution in [0.15, 0.2) is 0 Å². The number of aromatic nitrogens is 1. The van der Waals surface area contributed by atoms with Gasteiger partial charge in [0.15, 0.2) is 5.13 Å². The lowest BCUT2D eigenvalue weighted by Gasteiger charge is -2.32. The molecule has 1 saturated heterocycles. The summed E-state index contributed by atoms with van der Waals surface area (Å²) in [6, 6.07) is 0.184. The quantitative estimate of drug-likeness (QED) is 0.906. The topological polar surface area (TPSA) is 42.2 Å². The molecule has 0 amide bonds. The molecule has 3 nitrogen and oxygen atoms in total. The number of hydrogen-bond donors (Lipinski definition) is 1. The van der Waals surface area contributed by atoms with Crippen molar-refractivity contribution < 1.29 is 0 Å². The predicted molar refractivity (Wildman–Crippen MR) is 86.3 cm³/mol. The second-order valence-electron chi connectivity index (χ2n) is 7.70. The van der Waals surface area contributed by atoms with Gasteiger partial charge in [-0.2, -0.15) is 0 Å². The molecule has 1 aromatic heterocycles. The standard InChI is InChI=1S/C16H27N3S/c1-10(2)11-5-6-19(9-11)15-18-13-8-16(3,4)7-12(17)14(13)20-15/h10-12H,5-9,17H2,1-4H3. The smallest absolute Gasteiger partial charge is 0.185 e. The Balaban J connectivity index is 1.81. The van der Waals surface area contributed by atoms with Crippen LogP contribution in [0.25, 0.3) is 0 Å². The van der Waals surface area contributed by atoms with E-state index in [4.69, 9.17) is 10.7 Å². The molecule has 2 heterocycles. The highest BCUT2D eigenvalue weighted by atomic mass is 32.1. The maximum Gasteiger partial charge on any atom is 0.185 e. The molecule has 0 bridgehead atoms. The average molecular weight is 293 g/mol. The number of rotatable bonds is 2. The second kappa shape index (κ2) is 4.99. The van der Waals surface area contributed by atoms with Gasteiger partial charge in [0, 0.05) is 24.0 Å². The van der Waals surface area contributed by atoms with Crippen molar-refractivity contribution in [1.82, 2.24) is 4.98 Å². The van der Waals surface area contributed by atoms with E-state index in [0.717, 1.165) is 31.2 Å². The van der Waals surface area contributed by atoms with E-state index in [-0.39, 0.29) is 6.04 Å². The summed E-state index contributed by atoms with van der Waals surface area (Å²) in [6.45, 7) is 11.6. The fourth-order valence-corrected chi connectivity index (χ4v) is 4.74. The van der Waals surface area contributed by atoms with Crippen molar-refractivity contribution >= 4 is 16.5 Å². The van der Waals surface area contributed by atoms with Crippen LogP contribution in [-0.4, -0.2) is 18.1 Å². The molecule has 2 unspecified atom stereocenters. The zero-order chi connectivity index (χ0) is 14.5. The summed E-state index contributed by atoms with van der Waals surface area (Å²) in [4.78, 5) is 8.76. The van der Waals surface area contributed by atoms with E-state index >= 15 is 0 Å². The first-order chi connectivity index (χ1) is 9.35. The van der Waals surface area contributed by atoms with Gasteiger partial charge in [0.05, 0.1) is 5.69 Å². The highest BCUT2D eigenvalue weighted by Gasteiger charge is 2.35. The molecule has 112 valence electrons. The minimum Gasteiger partial charge on any atom is -0.348 e. The molecule has 1 aromatic rings. The lowest BCUT2D eigenvalue weighted by Crippen LogP contribution is -2.28. The average Bonchev–Trinajstić information content (AvgIpc) is 2.91. The minimum absolute atomic E-state index is 0.184. The molecule has 1 aliphatic heterocycles. The maximum absolute atomic E-state index is 6.36. The van der Waals surface area contributed by atoms with Crippen LogP contribution in [0.5, 0.6) is 0 Å². The van der Waals surface area contributed by atoms with Crippen molar-refractivity contribution in [3.63, 3.8) is 0 Å². The lowest BCUT2D eigenvalue weighted by atomic mass is 9.77. The first-order valence-electron chi connectivity index (χ1n) is 7.86. The zero-order valence-corrected chi connectivity index (χ0v) is 14.0. The fourth-order valence-electron chi connectivity index (χ4n) is 3.62. The predicted octanol–water partition coefficient (Wildman–Crippen LogP) is 3.60. The Hall–Kier alpha value is -0.610. The van der Waals surface area contributed by atoms with Crippen LogP contribution in [0.2, 0.25) is 0 Å². The Labute approximate surface area is 126 Å². The monoisotopic (exact) mass is 293 g/mol. The molecular weight excluding hydrogens is 266 g/mol. The lowest BCUT2D eigenvalue weighted by molar-refractivity contribution is 0.282. The van der Waals surface area contributed by atoms with E-state index in [2.05, 4.69) is 32.6 Å². The second-order valence-corrected chi connectivity index (χ2v) is 8.71. The van der Waals surface area contributed by atoms with Crippen molar-refractivity contribution in [2.24, 2.45) is 23.0 Å². The number of fused-ring (bicyclic) bond motifs is 1. The van der Waals surface area contributed by atoms with Gasteiger partial charge in [0.2, 0.25) is 0 Å². The van der Waals surface area contributed by atoms with Crippen molar-refractivity contribution in [3.05, 3.63) is 10.6 Å². The van der Waals surface area contributed by atoms with Gasteiger partial charge in [-0.25, -0.2) is 4.98 Å². The van der Waals surface area contributed by atoms with Gasteiger partial charge in [-0.3, -0.25) is 0 Å². The Kier molecular flexibility index (Phi) is 3.57. The largest absolute Gasteiger partial charge is 0.348 e. The third kappa shape index (κ3) is 2.60. The summed E-state index contributed by atoms with van der Waals surface area (Å²) in [6.07, 6.45) is 3.46. The summed E-state index contributed by atoms with van der Waals surface area (Å²) in [5.74, 6) is 1.59. The number of anilines is 1. The van der Waals surface area contributed by atoms with Crippen LogP contribution in [0, 0.1) is 17.3 Å². The van der Waals surface area contributed by atoms with Crippen LogP contribution in [0.3, 0.4) is 0 Å². The molecular formula is C16H27N3S. The summed E-state index contributed by atoms with van der Waals surface area (Å²) in [5, 5.41) is 1.21. The zero-order valence-electron chi connectivity index (χ0n) is 13.1. The minimum atomic E-state index is 0.184. The molecule has 20 heavy (non-hydrogen) atoms. The number of hydrogen-bond acceptors (Lipinski definition) is 4. The normalized spacial score (nSPS) is 29.0.